The molecule has 1 atom stereocenters. The van der Waals surface area contributed by atoms with Crippen LogP contribution in [-0.2, 0) is 24.3 Å². The lowest BCUT2D eigenvalue weighted by molar-refractivity contribution is -0.144. The van der Waals surface area contributed by atoms with Gasteiger partial charge in [0.15, 0.2) is 5.43 Å². The van der Waals surface area contributed by atoms with E-state index in [1.165, 1.54) is 0 Å². The maximum Gasteiger partial charge on any atom is 0.321 e. The molecule has 0 saturated heterocycles. The number of imidazole rings is 1. The number of aromatic amines is 2. The molecule has 1 aliphatic heterocycles. The Labute approximate surface area is 149 Å². The van der Waals surface area contributed by atoms with Crippen molar-refractivity contribution in [1.29, 1.82) is 0 Å². The first-order valence-electron chi connectivity index (χ1n) is 8.53. The molecule has 1 aliphatic rings. The SMILES string of the molecule is Cc1cc(C)c2[nH]c(CN3Cc4[nH]cnc4CC3C(=O)O)cc(=O)c2c1. The van der Waals surface area contributed by atoms with Crippen LogP contribution in [0.1, 0.15) is 28.2 Å². The Bertz CT molecular complexity index is 1070. The average molecular weight is 352 g/mol. The van der Waals surface area contributed by atoms with Crippen molar-refractivity contribution in [1.82, 2.24) is 19.9 Å². The second-order valence-corrected chi connectivity index (χ2v) is 6.95. The van der Waals surface area contributed by atoms with Crippen molar-refractivity contribution < 1.29 is 9.90 Å². The number of aromatic nitrogens is 3. The molecule has 26 heavy (non-hydrogen) atoms. The first-order chi connectivity index (χ1) is 12.4. The molecule has 0 amide bonds. The van der Waals surface area contributed by atoms with E-state index in [0.29, 0.717) is 30.6 Å². The molecule has 134 valence electrons. The van der Waals surface area contributed by atoms with Gasteiger partial charge in [0, 0.05) is 36.7 Å². The van der Waals surface area contributed by atoms with Crippen LogP contribution in [0, 0.1) is 13.8 Å². The summed E-state index contributed by atoms with van der Waals surface area (Å²) >= 11 is 0. The topological polar surface area (TPSA) is 102 Å². The lowest BCUT2D eigenvalue weighted by Crippen LogP contribution is -2.45. The summed E-state index contributed by atoms with van der Waals surface area (Å²) in [6.45, 7) is 4.74. The number of pyridine rings is 1. The Kier molecular flexibility index (Phi) is 3.88. The quantitative estimate of drug-likeness (QED) is 0.668. The van der Waals surface area contributed by atoms with Gasteiger partial charge in [0.2, 0.25) is 0 Å². The highest BCUT2D eigenvalue weighted by Gasteiger charge is 2.33. The fourth-order valence-corrected chi connectivity index (χ4v) is 3.76. The van der Waals surface area contributed by atoms with Crippen molar-refractivity contribution >= 4 is 16.9 Å². The van der Waals surface area contributed by atoms with Crippen LogP contribution in [0.15, 0.2) is 29.3 Å². The van der Waals surface area contributed by atoms with Crippen LogP contribution in [-0.4, -0.2) is 37.0 Å². The molecule has 3 heterocycles. The lowest BCUT2D eigenvalue weighted by Gasteiger charge is -2.32. The van der Waals surface area contributed by atoms with Crippen molar-refractivity contribution in [2.75, 3.05) is 0 Å². The Morgan fingerprint density at radius 3 is 2.92 bits per heavy atom. The van der Waals surface area contributed by atoms with Crippen molar-refractivity contribution in [3.63, 3.8) is 0 Å². The fourth-order valence-electron chi connectivity index (χ4n) is 3.76. The summed E-state index contributed by atoms with van der Waals surface area (Å²) in [4.78, 5) is 36.7. The third-order valence-electron chi connectivity index (χ3n) is 4.99. The molecule has 0 radical (unpaired) electrons. The average Bonchev–Trinajstić information content (AvgIpc) is 3.02. The van der Waals surface area contributed by atoms with E-state index in [1.54, 1.807) is 12.4 Å². The Hall–Kier alpha value is -2.93. The van der Waals surface area contributed by atoms with Crippen molar-refractivity contribution in [3.05, 3.63) is 63.0 Å². The summed E-state index contributed by atoms with van der Waals surface area (Å²) in [5.74, 6) is -0.881. The first-order valence-corrected chi connectivity index (χ1v) is 8.53. The van der Waals surface area contributed by atoms with E-state index in [2.05, 4.69) is 15.0 Å². The van der Waals surface area contributed by atoms with Gasteiger partial charge < -0.3 is 15.1 Å². The largest absolute Gasteiger partial charge is 0.480 e. The van der Waals surface area contributed by atoms with Crippen molar-refractivity contribution in [2.24, 2.45) is 0 Å². The van der Waals surface area contributed by atoms with Crippen LogP contribution in [0.2, 0.25) is 0 Å². The summed E-state index contributed by atoms with van der Waals surface area (Å²) in [6.07, 6.45) is 1.95. The van der Waals surface area contributed by atoms with Gasteiger partial charge in [-0.05, 0) is 31.0 Å². The van der Waals surface area contributed by atoms with Gasteiger partial charge in [-0.3, -0.25) is 14.5 Å². The van der Waals surface area contributed by atoms with E-state index in [4.69, 9.17) is 0 Å². The molecule has 4 rings (SSSR count). The summed E-state index contributed by atoms with van der Waals surface area (Å²) in [7, 11) is 0. The van der Waals surface area contributed by atoms with Gasteiger partial charge in [-0.2, -0.15) is 0 Å². The highest BCUT2D eigenvalue weighted by atomic mass is 16.4. The van der Waals surface area contributed by atoms with E-state index in [0.717, 1.165) is 28.0 Å². The number of carbonyl (C=O) groups is 1. The monoisotopic (exact) mass is 352 g/mol. The zero-order chi connectivity index (χ0) is 18.4. The minimum Gasteiger partial charge on any atom is -0.480 e. The molecule has 1 unspecified atom stereocenters. The van der Waals surface area contributed by atoms with Crippen molar-refractivity contribution in [3.8, 4) is 0 Å². The van der Waals surface area contributed by atoms with Crippen LogP contribution in [0.5, 0.6) is 0 Å². The molecule has 7 nitrogen and oxygen atoms in total. The molecule has 0 fully saturated rings. The molecule has 3 aromatic rings. The van der Waals surface area contributed by atoms with E-state index >= 15 is 0 Å². The third kappa shape index (κ3) is 2.80. The number of benzene rings is 1. The fraction of sp³-hybridized carbons (Fsp3) is 0.316. The highest BCUT2D eigenvalue weighted by Crippen LogP contribution is 2.23. The Morgan fingerprint density at radius 1 is 1.35 bits per heavy atom. The number of nitrogens with one attached hydrogen (secondary N) is 2. The number of hydrogen-bond donors (Lipinski definition) is 3. The molecule has 2 aromatic heterocycles. The van der Waals surface area contributed by atoms with Gasteiger partial charge >= 0.3 is 5.97 Å². The normalized spacial score (nSPS) is 17.4. The zero-order valence-corrected chi connectivity index (χ0v) is 14.7. The number of fused-ring (bicyclic) bond motifs is 2. The smallest absolute Gasteiger partial charge is 0.321 e. The number of rotatable bonds is 3. The number of nitrogens with zero attached hydrogens (tertiary/aromatic N) is 2. The number of carboxylic acid groups (broad SMARTS) is 1. The highest BCUT2D eigenvalue weighted by molar-refractivity contribution is 5.82. The second-order valence-electron chi connectivity index (χ2n) is 6.95. The Balaban J connectivity index is 1.72. The van der Waals surface area contributed by atoms with E-state index in [1.807, 2.05) is 30.9 Å². The van der Waals surface area contributed by atoms with Crippen LogP contribution in [0.3, 0.4) is 0 Å². The number of aliphatic carboxylic acids is 1. The minimum atomic E-state index is -0.881. The number of aryl methyl sites for hydroxylation is 2. The molecule has 0 bridgehead atoms. The second kappa shape index (κ2) is 6.10. The molecule has 0 aliphatic carbocycles. The zero-order valence-electron chi connectivity index (χ0n) is 14.7. The van der Waals surface area contributed by atoms with Crippen LogP contribution in [0.4, 0.5) is 0 Å². The van der Waals surface area contributed by atoms with E-state index in [-0.39, 0.29) is 5.43 Å². The van der Waals surface area contributed by atoms with Gasteiger partial charge in [-0.1, -0.05) is 6.07 Å². The molecular weight excluding hydrogens is 332 g/mol. The van der Waals surface area contributed by atoms with Crippen LogP contribution in [0.25, 0.3) is 10.9 Å². The number of hydrogen-bond acceptors (Lipinski definition) is 4. The van der Waals surface area contributed by atoms with Gasteiger partial charge in [-0.25, -0.2) is 4.98 Å². The van der Waals surface area contributed by atoms with E-state index < -0.39 is 12.0 Å². The first kappa shape index (κ1) is 16.5. The Morgan fingerprint density at radius 2 is 2.15 bits per heavy atom. The molecule has 3 N–H and O–H groups in total. The predicted molar refractivity (Wildman–Crippen MR) is 97.0 cm³/mol. The third-order valence-corrected chi connectivity index (χ3v) is 4.99. The lowest BCUT2D eigenvalue weighted by atomic mass is 10.0. The molecule has 0 spiro atoms. The maximum absolute atomic E-state index is 12.5. The van der Waals surface area contributed by atoms with Gasteiger partial charge in [0.25, 0.3) is 0 Å². The number of carboxylic acids is 1. The summed E-state index contributed by atoms with van der Waals surface area (Å²) in [5.41, 5.74) is 5.24. The van der Waals surface area contributed by atoms with Gasteiger partial charge in [0.05, 0.1) is 23.2 Å². The maximum atomic E-state index is 12.5. The molecule has 0 saturated carbocycles. The minimum absolute atomic E-state index is 0.0494. The summed E-state index contributed by atoms with van der Waals surface area (Å²) < 4.78 is 0. The predicted octanol–water partition coefficient (Wildman–Crippen LogP) is 1.88. The summed E-state index contributed by atoms with van der Waals surface area (Å²) in [6, 6.07) is 4.81. The van der Waals surface area contributed by atoms with Crippen molar-refractivity contribution in [2.45, 2.75) is 39.4 Å². The number of H-pyrrole nitrogens is 2. The van der Waals surface area contributed by atoms with Crippen LogP contribution < -0.4 is 5.43 Å². The van der Waals surface area contributed by atoms with Gasteiger partial charge in [-0.15, -0.1) is 0 Å². The summed E-state index contributed by atoms with van der Waals surface area (Å²) in [5, 5.41) is 10.3. The molecular formula is C19H20N4O3. The standard InChI is InChI=1S/C19H20N4O3/c1-10-3-11(2)18-13(4-10)17(24)5-12(22-18)7-23-8-15-14(20-9-21-15)6-16(23)19(25)26/h3-5,9,16H,6-8H2,1-2H3,(H,20,21)(H,22,24)(H,25,26). The molecule has 1 aromatic carbocycles. The van der Waals surface area contributed by atoms with Crippen LogP contribution >= 0.6 is 0 Å². The van der Waals surface area contributed by atoms with Gasteiger partial charge in [0.1, 0.15) is 6.04 Å². The molecule has 7 heteroatoms. The van der Waals surface area contributed by atoms with E-state index in [9.17, 15) is 14.7 Å².